The van der Waals surface area contributed by atoms with E-state index in [1.165, 1.54) is 18.2 Å². The molecule has 32 heavy (non-hydrogen) atoms. The van der Waals surface area contributed by atoms with E-state index < -0.39 is 4.92 Å². The van der Waals surface area contributed by atoms with Crippen LogP contribution in [0.5, 0.6) is 0 Å². The van der Waals surface area contributed by atoms with E-state index in [-0.39, 0.29) is 45.4 Å². The van der Waals surface area contributed by atoms with E-state index in [1.54, 1.807) is 0 Å². The van der Waals surface area contributed by atoms with Crippen molar-refractivity contribution in [2.24, 2.45) is 0 Å². The van der Waals surface area contributed by atoms with E-state index in [9.17, 15) is 19.7 Å². The highest BCUT2D eigenvalue weighted by molar-refractivity contribution is 6.32. The number of fused-ring (bicyclic) bond motifs is 2. The van der Waals surface area contributed by atoms with E-state index >= 15 is 0 Å². The molecule has 0 amide bonds. The number of rotatable bonds is 7. The Morgan fingerprint density at radius 1 is 1.00 bits per heavy atom. The van der Waals surface area contributed by atoms with E-state index in [0.29, 0.717) is 23.5 Å². The second-order valence-electron chi connectivity index (χ2n) is 8.43. The summed E-state index contributed by atoms with van der Waals surface area (Å²) in [4.78, 5) is 37.7. The normalized spacial score (nSPS) is 19.8. The summed E-state index contributed by atoms with van der Waals surface area (Å²) in [5.74, 6) is -0.664. The first-order valence-corrected chi connectivity index (χ1v) is 11.5. The highest BCUT2D eigenvalue weighted by atomic mass is 35.5. The minimum atomic E-state index is -0.556. The predicted molar refractivity (Wildman–Crippen MR) is 125 cm³/mol. The molecule has 0 radical (unpaired) electrons. The van der Waals surface area contributed by atoms with Crippen LogP contribution >= 0.6 is 11.6 Å². The Kier molecular flexibility index (Phi) is 6.46. The lowest BCUT2D eigenvalue weighted by Crippen LogP contribution is -2.29. The van der Waals surface area contributed by atoms with Gasteiger partial charge in [-0.25, -0.2) is 0 Å². The number of unbranched alkanes of at least 4 members (excludes halogenated alkanes) is 1. The third kappa shape index (κ3) is 4.21. The van der Waals surface area contributed by atoms with Gasteiger partial charge in [0, 0.05) is 52.6 Å². The van der Waals surface area contributed by atoms with Gasteiger partial charge in [0.1, 0.15) is 0 Å². The number of ketones is 2. The van der Waals surface area contributed by atoms with E-state index in [1.807, 2.05) is 12.1 Å². The number of anilines is 2. The van der Waals surface area contributed by atoms with E-state index in [4.69, 9.17) is 11.6 Å². The molecular formula is C24H26ClN3O4. The van der Waals surface area contributed by atoms with Crippen molar-refractivity contribution in [2.75, 3.05) is 17.2 Å². The van der Waals surface area contributed by atoms with Crippen molar-refractivity contribution in [3.63, 3.8) is 0 Å². The van der Waals surface area contributed by atoms with E-state index in [0.717, 1.165) is 38.5 Å². The van der Waals surface area contributed by atoms with Gasteiger partial charge in [-0.3, -0.25) is 19.7 Å². The van der Waals surface area contributed by atoms with Crippen LogP contribution in [0.4, 0.5) is 17.1 Å². The average molecular weight is 456 g/mol. The molecule has 2 aromatic rings. The van der Waals surface area contributed by atoms with Crippen molar-refractivity contribution in [1.82, 2.24) is 0 Å². The van der Waals surface area contributed by atoms with Crippen molar-refractivity contribution in [1.29, 1.82) is 0 Å². The van der Waals surface area contributed by atoms with Crippen LogP contribution in [0.1, 0.15) is 77.3 Å². The standard InChI is InChI=1S/C24H26ClN3O4/c1-2-3-12-26-19-10-11-20(27-15-6-4-14(25)5-7-15)22-21(19)23(29)17-9-8-16(28(31)32)13-18(17)24(22)30/h8-11,13-15,26-27H,2-7,12H2,1H3. The summed E-state index contributed by atoms with van der Waals surface area (Å²) in [6.07, 6.45) is 5.46. The highest BCUT2D eigenvalue weighted by Crippen LogP contribution is 2.38. The topological polar surface area (TPSA) is 101 Å². The maximum Gasteiger partial charge on any atom is 0.270 e. The number of carbonyl (C=O) groups excluding carboxylic acids is 2. The lowest BCUT2D eigenvalue weighted by atomic mass is 9.81. The molecule has 4 rings (SSSR count). The Hall–Kier alpha value is -2.93. The van der Waals surface area contributed by atoms with Crippen LogP contribution in [0, 0.1) is 10.1 Å². The molecule has 2 N–H and O–H groups in total. The first-order chi connectivity index (χ1) is 15.4. The molecule has 1 fully saturated rings. The lowest BCUT2D eigenvalue weighted by molar-refractivity contribution is -0.384. The number of non-ortho nitro benzene ring substituents is 1. The largest absolute Gasteiger partial charge is 0.384 e. The van der Waals surface area contributed by atoms with Gasteiger partial charge in [-0.1, -0.05) is 13.3 Å². The average Bonchev–Trinajstić information content (AvgIpc) is 2.79. The van der Waals surface area contributed by atoms with Crippen molar-refractivity contribution < 1.29 is 14.5 Å². The summed E-state index contributed by atoms with van der Waals surface area (Å²) < 4.78 is 0. The summed E-state index contributed by atoms with van der Waals surface area (Å²) >= 11 is 6.23. The number of nitrogens with zero attached hydrogens (tertiary/aromatic N) is 1. The number of nitrogens with one attached hydrogen (secondary N) is 2. The van der Waals surface area contributed by atoms with Gasteiger partial charge in [0.15, 0.2) is 11.6 Å². The fourth-order valence-corrected chi connectivity index (χ4v) is 4.71. The first kappa shape index (κ1) is 22.3. The van der Waals surface area contributed by atoms with Gasteiger partial charge >= 0.3 is 0 Å². The summed E-state index contributed by atoms with van der Waals surface area (Å²) in [6.45, 7) is 2.77. The van der Waals surface area contributed by atoms with Crippen LogP contribution in [0.15, 0.2) is 30.3 Å². The minimum Gasteiger partial charge on any atom is -0.384 e. The highest BCUT2D eigenvalue weighted by Gasteiger charge is 2.35. The fraction of sp³-hybridized carbons (Fsp3) is 0.417. The molecule has 2 aromatic carbocycles. The van der Waals surface area contributed by atoms with Crippen LogP contribution in [-0.2, 0) is 0 Å². The van der Waals surface area contributed by atoms with Crippen LogP contribution in [-0.4, -0.2) is 34.5 Å². The minimum absolute atomic E-state index is 0.0786. The van der Waals surface area contributed by atoms with Crippen LogP contribution < -0.4 is 10.6 Å². The zero-order valence-corrected chi connectivity index (χ0v) is 18.7. The SMILES string of the molecule is CCCCNc1ccc(NC2CCC(Cl)CC2)c2c1C(=O)c1ccc([N+](=O)[O-])cc1C2=O. The second kappa shape index (κ2) is 9.28. The molecule has 0 aliphatic heterocycles. The Morgan fingerprint density at radius 2 is 1.66 bits per heavy atom. The third-order valence-corrected chi connectivity index (χ3v) is 6.66. The Balaban J connectivity index is 1.78. The van der Waals surface area contributed by atoms with Crippen molar-refractivity contribution in [3.05, 3.63) is 62.7 Å². The number of halogens is 1. The summed E-state index contributed by atoms with van der Waals surface area (Å²) in [7, 11) is 0. The molecule has 0 atom stereocenters. The molecule has 0 saturated heterocycles. The van der Waals surface area contributed by atoms with Gasteiger partial charge < -0.3 is 10.6 Å². The summed E-state index contributed by atoms with van der Waals surface area (Å²) in [5, 5.41) is 18.2. The monoisotopic (exact) mass is 455 g/mol. The van der Waals surface area contributed by atoms with Gasteiger partial charge in [-0.05, 0) is 50.3 Å². The Labute approximate surface area is 191 Å². The Bertz CT molecular complexity index is 1080. The zero-order valence-electron chi connectivity index (χ0n) is 17.9. The van der Waals surface area contributed by atoms with Gasteiger partial charge in [0.2, 0.25) is 0 Å². The number of nitro benzene ring substituents is 1. The molecule has 0 heterocycles. The van der Waals surface area contributed by atoms with Crippen molar-refractivity contribution in [3.8, 4) is 0 Å². The van der Waals surface area contributed by atoms with Gasteiger partial charge in [0.25, 0.3) is 5.69 Å². The zero-order chi connectivity index (χ0) is 22.8. The second-order valence-corrected chi connectivity index (χ2v) is 9.05. The number of alkyl halides is 1. The molecular weight excluding hydrogens is 430 g/mol. The van der Waals surface area contributed by atoms with E-state index in [2.05, 4.69) is 17.6 Å². The van der Waals surface area contributed by atoms with Crippen LogP contribution in [0.2, 0.25) is 0 Å². The molecule has 0 unspecified atom stereocenters. The van der Waals surface area contributed by atoms with Gasteiger partial charge in [-0.2, -0.15) is 0 Å². The molecule has 0 aromatic heterocycles. The quantitative estimate of drug-likeness (QED) is 0.210. The summed E-state index contributed by atoms with van der Waals surface area (Å²) in [6, 6.07) is 7.68. The molecule has 8 heteroatoms. The van der Waals surface area contributed by atoms with Crippen molar-refractivity contribution >= 4 is 40.2 Å². The smallest absolute Gasteiger partial charge is 0.270 e. The van der Waals surface area contributed by atoms with Crippen LogP contribution in [0.3, 0.4) is 0 Å². The molecule has 2 aliphatic carbocycles. The number of hydrogen-bond acceptors (Lipinski definition) is 6. The fourth-order valence-electron chi connectivity index (χ4n) is 4.46. The maximum atomic E-state index is 13.6. The number of nitro groups is 1. The van der Waals surface area contributed by atoms with Gasteiger partial charge in [0.05, 0.1) is 16.1 Å². The number of hydrogen-bond donors (Lipinski definition) is 2. The molecule has 1 saturated carbocycles. The number of carbonyl (C=O) groups is 2. The third-order valence-electron chi connectivity index (χ3n) is 6.22. The van der Waals surface area contributed by atoms with Gasteiger partial charge in [-0.15, -0.1) is 11.6 Å². The lowest BCUT2D eigenvalue weighted by Gasteiger charge is -2.29. The molecule has 2 aliphatic rings. The molecule has 7 nitrogen and oxygen atoms in total. The molecule has 0 spiro atoms. The van der Waals surface area contributed by atoms with Crippen molar-refractivity contribution in [2.45, 2.75) is 56.9 Å². The molecule has 168 valence electrons. The molecule has 0 bridgehead atoms. The Morgan fingerprint density at radius 3 is 2.34 bits per heavy atom. The first-order valence-electron chi connectivity index (χ1n) is 11.1. The van der Waals surface area contributed by atoms with Crippen LogP contribution in [0.25, 0.3) is 0 Å². The summed E-state index contributed by atoms with van der Waals surface area (Å²) in [5.41, 5.74) is 1.91. The number of benzene rings is 2. The predicted octanol–water partition coefficient (Wildman–Crippen LogP) is 5.54. The maximum absolute atomic E-state index is 13.6.